The summed E-state index contributed by atoms with van der Waals surface area (Å²) in [5.41, 5.74) is 2.20. The maximum atomic E-state index is 9.33. The molecule has 2 N–H and O–H groups in total. The first-order valence-corrected chi connectivity index (χ1v) is 6.87. The third kappa shape index (κ3) is 3.55. The van der Waals surface area contributed by atoms with Gasteiger partial charge in [-0.3, -0.25) is 0 Å². The number of para-hydroxylation sites is 2. The number of aliphatic hydroxyl groups is 1. The second kappa shape index (κ2) is 6.17. The fraction of sp³-hybridized carbons (Fsp3) is 0.533. The highest BCUT2D eigenvalue weighted by atomic mass is 16.3. The van der Waals surface area contributed by atoms with E-state index in [4.69, 9.17) is 0 Å². The molecular weight excluding hydrogens is 238 g/mol. The summed E-state index contributed by atoms with van der Waals surface area (Å²) in [6.07, 6.45) is 0.600. The minimum Gasteiger partial charge on any atom is -0.393 e. The molecule has 0 fully saturated rings. The molecule has 0 radical (unpaired) electrons. The molecule has 2 aromatic rings. The average molecular weight is 261 g/mol. The van der Waals surface area contributed by atoms with Crippen LogP contribution in [0.4, 0.5) is 0 Å². The largest absolute Gasteiger partial charge is 0.393 e. The Morgan fingerprint density at radius 3 is 2.74 bits per heavy atom. The van der Waals surface area contributed by atoms with Gasteiger partial charge in [-0.1, -0.05) is 19.1 Å². The van der Waals surface area contributed by atoms with Gasteiger partial charge >= 0.3 is 0 Å². The first kappa shape index (κ1) is 14.0. The Hall–Kier alpha value is -1.39. The highest BCUT2D eigenvalue weighted by Crippen LogP contribution is 2.14. The fourth-order valence-corrected chi connectivity index (χ4v) is 2.45. The van der Waals surface area contributed by atoms with Gasteiger partial charge in [0.2, 0.25) is 0 Å². The molecule has 1 aromatic heterocycles. The van der Waals surface area contributed by atoms with Gasteiger partial charge in [-0.25, -0.2) is 4.98 Å². The summed E-state index contributed by atoms with van der Waals surface area (Å²) in [7, 11) is 2.05. The maximum absolute atomic E-state index is 9.33. The molecule has 0 aliphatic rings. The molecule has 0 amide bonds. The first-order chi connectivity index (χ1) is 9.08. The first-order valence-electron chi connectivity index (χ1n) is 6.87. The highest BCUT2D eigenvalue weighted by Gasteiger charge is 2.08. The van der Waals surface area contributed by atoms with Gasteiger partial charge in [0.1, 0.15) is 5.82 Å². The van der Waals surface area contributed by atoms with Crippen molar-refractivity contribution in [3.8, 4) is 0 Å². The van der Waals surface area contributed by atoms with Gasteiger partial charge in [0.05, 0.1) is 23.7 Å². The van der Waals surface area contributed by atoms with Gasteiger partial charge in [0, 0.05) is 7.05 Å². The van der Waals surface area contributed by atoms with Crippen LogP contribution in [-0.4, -0.2) is 27.3 Å². The van der Waals surface area contributed by atoms with Crippen molar-refractivity contribution in [1.82, 2.24) is 14.9 Å². The Morgan fingerprint density at radius 1 is 1.32 bits per heavy atom. The summed E-state index contributed by atoms with van der Waals surface area (Å²) in [4.78, 5) is 4.62. The molecule has 2 rings (SSSR count). The van der Waals surface area contributed by atoms with Crippen LogP contribution >= 0.6 is 0 Å². The van der Waals surface area contributed by atoms with Gasteiger partial charge in [-0.2, -0.15) is 0 Å². The zero-order valence-electron chi connectivity index (χ0n) is 11.9. The van der Waals surface area contributed by atoms with E-state index < -0.39 is 0 Å². The Kier molecular flexibility index (Phi) is 4.56. The average Bonchev–Trinajstić information content (AvgIpc) is 2.66. The number of hydrogen-bond acceptors (Lipinski definition) is 3. The van der Waals surface area contributed by atoms with E-state index in [1.807, 2.05) is 32.2 Å². The minimum absolute atomic E-state index is 0.229. The van der Waals surface area contributed by atoms with Crippen molar-refractivity contribution >= 4 is 11.0 Å². The molecule has 0 spiro atoms. The van der Waals surface area contributed by atoms with Crippen molar-refractivity contribution < 1.29 is 5.11 Å². The number of hydrogen-bond donors (Lipinski definition) is 2. The predicted molar refractivity (Wildman–Crippen MR) is 77.9 cm³/mol. The normalized spacial score (nSPS) is 14.7. The predicted octanol–water partition coefficient (Wildman–Crippen LogP) is 2.07. The van der Waals surface area contributed by atoms with Crippen LogP contribution in [0.25, 0.3) is 11.0 Å². The Bertz CT molecular complexity index is 533. The Balaban J connectivity index is 1.93. The van der Waals surface area contributed by atoms with E-state index in [2.05, 4.69) is 27.9 Å². The lowest BCUT2D eigenvalue weighted by atomic mass is 10.1. The summed E-state index contributed by atoms with van der Waals surface area (Å²) in [5.74, 6) is 1.51. The number of rotatable bonds is 6. The number of nitrogens with zero attached hydrogens (tertiary/aromatic N) is 2. The van der Waals surface area contributed by atoms with E-state index in [1.54, 1.807) is 0 Å². The molecule has 104 valence electrons. The van der Waals surface area contributed by atoms with Crippen LogP contribution in [0.1, 0.15) is 26.1 Å². The quantitative estimate of drug-likeness (QED) is 0.837. The lowest BCUT2D eigenvalue weighted by molar-refractivity contribution is 0.163. The SMILES string of the molecule is CC(O)CC(C)CNCc1nc2ccccc2n1C. The molecule has 2 unspecified atom stereocenters. The highest BCUT2D eigenvalue weighted by molar-refractivity contribution is 5.75. The number of fused-ring (bicyclic) bond motifs is 1. The van der Waals surface area contributed by atoms with Crippen LogP contribution in [0.5, 0.6) is 0 Å². The van der Waals surface area contributed by atoms with Crippen molar-refractivity contribution in [3.05, 3.63) is 30.1 Å². The van der Waals surface area contributed by atoms with Crippen LogP contribution in [0.15, 0.2) is 24.3 Å². The number of imidazole rings is 1. The molecule has 19 heavy (non-hydrogen) atoms. The summed E-state index contributed by atoms with van der Waals surface area (Å²) in [6.45, 7) is 5.64. The third-order valence-corrected chi connectivity index (χ3v) is 3.40. The van der Waals surface area contributed by atoms with Gasteiger partial charge in [-0.05, 0) is 37.9 Å². The molecule has 2 atom stereocenters. The molecule has 1 heterocycles. The molecule has 0 bridgehead atoms. The zero-order valence-corrected chi connectivity index (χ0v) is 11.9. The van der Waals surface area contributed by atoms with E-state index in [1.165, 1.54) is 0 Å². The van der Waals surface area contributed by atoms with Crippen LogP contribution in [0, 0.1) is 5.92 Å². The summed E-state index contributed by atoms with van der Waals surface area (Å²) in [5, 5.41) is 12.7. The van der Waals surface area contributed by atoms with Crippen molar-refractivity contribution in [3.63, 3.8) is 0 Å². The monoisotopic (exact) mass is 261 g/mol. The second-order valence-corrected chi connectivity index (χ2v) is 5.40. The number of aliphatic hydroxyl groups excluding tert-OH is 1. The van der Waals surface area contributed by atoms with Crippen molar-refractivity contribution in [2.45, 2.75) is 32.9 Å². The number of benzene rings is 1. The van der Waals surface area contributed by atoms with E-state index in [0.29, 0.717) is 5.92 Å². The van der Waals surface area contributed by atoms with Gasteiger partial charge < -0.3 is 15.0 Å². The summed E-state index contributed by atoms with van der Waals surface area (Å²) in [6, 6.07) is 8.17. The van der Waals surface area contributed by atoms with Crippen LogP contribution in [0.2, 0.25) is 0 Å². The van der Waals surface area contributed by atoms with Gasteiger partial charge in [-0.15, -0.1) is 0 Å². The molecule has 4 heteroatoms. The van der Waals surface area contributed by atoms with Gasteiger partial charge in [0.25, 0.3) is 0 Å². The van der Waals surface area contributed by atoms with E-state index in [0.717, 1.165) is 36.4 Å². The second-order valence-electron chi connectivity index (χ2n) is 5.40. The third-order valence-electron chi connectivity index (χ3n) is 3.40. The van der Waals surface area contributed by atoms with Crippen molar-refractivity contribution in [2.24, 2.45) is 13.0 Å². The molecular formula is C15H23N3O. The van der Waals surface area contributed by atoms with Gasteiger partial charge in [0.15, 0.2) is 0 Å². The van der Waals surface area contributed by atoms with E-state index in [9.17, 15) is 5.11 Å². The number of nitrogens with one attached hydrogen (secondary N) is 1. The Labute approximate surface area is 114 Å². The molecule has 0 aliphatic heterocycles. The van der Waals surface area contributed by atoms with E-state index in [-0.39, 0.29) is 6.10 Å². The minimum atomic E-state index is -0.229. The molecule has 0 saturated heterocycles. The van der Waals surface area contributed by atoms with Crippen LogP contribution < -0.4 is 5.32 Å². The maximum Gasteiger partial charge on any atom is 0.123 e. The zero-order chi connectivity index (χ0) is 13.8. The summed E-state index contributed by atoms with van der Waals surface area (Å²) >= 11 is 0. The lowest BCUT2D eigenvalue weighted by Gasteiger charge is -2.14. The van der Waals surface area contributed by atoms with E-state index >= 15 is 0 Å². The molecule has 0 aliphatic carbocycles. The molecule has 1 aromatic carbocycles. The smallest absolute Gasteiger partial charge is 0.123 e. The van der Waals surface area contributed by atoms with Crippen molar-refractivity contribution in [1.29, 1.82) is 0 Å². The number of aryl methyl sites for hydroxylation is 1. The van der Waals surface area contributed by atoms with Crippen LogP contribution in [0.3, 0.4) is 0 Å². The standard InChI is InChI=1S/C15H23N3O/c1-11(8-12(2)19)9-16-10-15-17-13-6-4-5-7-14(13)18(15)3/h4-7,11-12,16,19H,8-10H2,1-3H3. The fourth-order valence-electron chi connectivity index (χ4n) is 2.45. The summed E-state index contributed by atoms with van der Waals surface area (Å²) < 4.78 is 2.13. The number of aromatic nitrogens is 2. The Morgan fingerprint density at radius 2 is 2.05 bits per heavy atom. The molecule has 0 saturated carbocycles. The van der Waals surface area contributed by atoms with Crippen molar-refractivity contribution in [2.75, 3.05) is 6.54 Å². The topological polar surface area (TPSA) is 50.1 Å². The molecule has 4 nitrogen and oxygen atoms in total. The van der Waals surface area contributed by atoms with Crippen LogP contribution in [-0.2, 0) is 13.6 Å². The lowest BCUT2D eigenvalue weighted by Crippen LogP contribution is -2.24.